The molecular formula is C22H13ClFNO4S2. The van der Waals surface area contributed by atoms with Crippen molar-refractivity contribution in [2.75, 3.05) is 12.0 Å². The van der Waals surface area contributed by atoms with Gasteiger partial charge in [-0.2, -0.15) is 0 Å². The number of anilines is 1. The molecule has 0 atom stereocenters. The second kappa shape index (κ2) is 8.66. The molecule has 1 aromatic heterocycles. The molecule has 1 saturated heterocycles. The summed E-state index contributed by atoms with van der Waals surface area (Å²) in [7, 11) is 1.27. The molecule has 5 nitrogen and oxygen atoms in total. The predicted octanol–water partition coefficient (Wildman–Crippen LogP) is 5.93. The van der Waals surface area contributed by atoms with Crippen molar-refractivity contribution in [1.82, 2.24) is 0 Å². The van der Waals surface area contributed by atoms with Gasteiger partial charge in [0.15, 0.2) is 4.32 Å². The van der Waals surface area contributed by atoms with E-state index in [-0.39, 0.29) is 16.5 Å². The summed E-state index contributed by atoms with van der Waals surface area (Å²) in [5.74, 6) is -0.476. The van der Waals surface area contributed by atoms with Gasteiger partial charge in [0.05, 0.1) is 28.3 Å². The topological polar surface area (TPSA) is 59.8 Å². The van der Waals surface area contributed by atoms with Gasteiger partial charge in [-0.1, -0.05) is 41.6 Å². The van der Waals surface area contributed by atoms with E-state index in [9.17, 15) is 14.0 Å². The Morgan fingerprint density at radius 3 is 2.77 bits per heavy atom. The highest BCUT2D eigenvalue weighted by Gasteiger charge is 2.33. The van der Waals surface area contributed by atoms with Crippen LogP contribution in [0.1, 0.15) is 16.1 Å². The molecule has 9 heteroatoms. The molecule has 2 aromatic carbocycles. The van der Waals surface area contributed by atoms with Crippen molar-refractivity contribution in [3.8, 4) is 11.3 Å². The van der Waals surface area contributed by atoms with E-state index >= 15 is 0 Å². The number of carbonyl (C=O) groups is 2. The zero-order valence-electron chi connectivity index (χ0n) is 15.9. The van der Waals surface area contributed by atoms with Crippen molar-refractivity contribution >= 4 is 63.5 Å². The smallest absolute Gasteiger partial charge is 0.339 e. The van der Waals surface area contributed by atoms with Gasteiger partial charge in [-0.25, -0.2) is 9.18 Å². The fraction of sp³-hybridized carbons (Fsp3) is 0.0455. The summed E-state index contributed by atoms with van der Waals surface area (Å²) in [5.41, 5.74) is 1.20. The van der Waals surface area contributed by atoms with Crippen LogP contribution in [0.5, 0.6) is 0 Å². The Morgan fingerprint density at radius 2 is 2.03 bits per heavy atom. The Kier molecular flexibility index (Phi) is 5.95. The van der Waals surface area contributed by atoms with Crippen LogP contribution in [0, 0.1) is 5.82 Å². The number of nitrogens with zero attached hydrogens (tertiary/aromatic N) is 1. The number of methoxy groups -OCH3 is 1. The van der Waals surface area contributed by atoms with Crippen molar-refractivity contribution in [2.24, 2.45) is 0 Å². The predicted molar refractivity (Wildman–Crippen MR) is 123 cm³/mol. The van der Waals surface area contributed by atoms with E-state index in [0.717, 1.165) is 11.8 Å². The van der Waals surface area contributed by atoms with Gasteiger partial charge >= 0.3 is 5.97 Å². The first kappa shape index (κ1) is 21.3. The van der Waals surface area contributed by atoms with Gasteiger partial charge in [-0.15, -0.1) is 0 Å². The van der Waals surface area contributed by atoms with Crippen LogP contribution in [-0.2, 0) is 9.53 Å². The van der Waals surface area contributed by atoms with Crippen molar-refractivity contribution in [3.05, 3.63) is 81.7 Å². The number of thiocarbonyl (C=S) groups is 1. The SMILES string of the molecule is COC(=O)c1cc(-c2ccc(/C=C3\SC(=S)N(c4cccc(F)c4)C3=O)o2)ccc1Cl. The summed E-state index contributed by atoms with van der Waals surface area (Å²) < 4.78 is 24.4. The van der Waals surface area contributed by atoms with E-state index in [0.29, 0.717) is 32.0 Å². The van der Waals surface area contributed by atoms with E-state index in [1.807, 2.05) is 0 Å². The zero-order valence-corrected chi connectivity index (χ0v) is 18.3. The zero-order chi connectivity index (χ0) is 22.1. The maximum Gasteiger partial charge on any atom is 0.339 e. The summed E-state index contributed by atoms with van der Waals surface area (Å²) in [5, 5.41) is 0.267. The fourth-order valence-electron chi connectivity index (χ4n) is 2.97. The van der Waals surface area contributed by atoms with Crippen LogP contribution in [0.25, 0.3) is 17.4 Å². The maximum atomic E-state index is 13.6. The van der Waals surface area contributed by atoms with Gasteiger partial charge in [0, 0.05) is 11.6 Å². The minimum Gasteiger partial charge on any atom is -0.465 e. The Hall–Kier alpha value is -2.94. The molecule has 1 aliphatic rings. The van der Waals surface area contributed by atoms with Gasteiger partial charge < -0.3 is 9.15 Å². The Balaban J connectivity index is 1.61. The molecule has 31 heavy (non-hydrogen) atoms. The number of amides is 1. The highest BCUT2D eigenvalue weighted by atomic mass is 35.5. The summed E-state index contributed by atoms with van der Waals surface area (Å²) in [6.07, 6.45) is 1.57. The Bertz CT molecular complexity index is 1250. The Morgan fingerprint density at radius 1 is 1.23 bits per heavy atom. The van der Waals surface area contributed by atoms with Gasteiger partial charge in [-0.3, -0.25) is 9.69 Å². The lowest BCUT2D eigenvalue weighted by Crippen LogP contribution is -2.27. The largest absolute Gasteiger partial charge is 0.465 e. The summed E-state index contributed by atoms with van der Waals surface area (Å²) in [4.78, 5) is 26.3. The first-order chi connectivity index (χ1) is 14.9. The molecular weight excluding hydrogens is 461 g/mol. The molecule has 1 fully saturated rings. The number of thioether (sulfide) groups is 1. The number of carbonyl (C=O) groups excluding carboxylic acids is 2. The first-order valence-electron chi connectivity index (χ1n) is 8.89. The van der Waals surface area contributed by atoms with Crippen molar-refractivity contribution in [3.63, 3.8) is 0 Å². The molecule has 3 aromatic rings. The second-order valence-corrected chi connectivity index (χ2v) is 8.47. The second-order valence-electron chi connectivity index (χ2n) is 6.39. The molecule has 1 amide bonds. The Labute approximate surface area is 191 Å². The van der Waals surface area contributed by atoms with Crippen LogP contribution in [0.3, 0.4) is 0 Å². The average Bonchev–Trinajstić information content (AvgIpc) is 3.32. The van der Waals surface area contributed by atoms with Crippen molar-refractivity contribution in [1.29, 1.82) is 0 Å². The standard InChI is InChI=1S/C22H13ClFNO4S2/c1-28-21(27)16-9-12(5-7-17(16)23)18-8-6-15(29-18)11-19-20(26)25(22(30)31-19)14-4-2-3-13(24)10-14/h2-11H,1H3/b19-11-. The lowest BCUT2D eigenvalue weighted by Gasteiger charge is -2.14. The van der Waals surface area contributed by atoms with Gasteiger partial charge in [0.25, 0.3) is 5.91 Å². The number of esters is 1. The van der Waals surface area contributed by atoms with Crippen LogP contribution < -0.4 is 4.90 Å². The van der Waals surface area contributed by atoms with Crippen LogP contribution in [0.15, 0.2) is 63.9 Å². The normalized spacial score (nSPS) is 15.1. The van der Waals surface area contributed by atoms with Crippen LogP contribution >= 0.6 is 35.6 Å². The maximum absolute atomic E-state index is 13.6. The third kappa shape index (κ3) is 4.27. The van der Waals surface area contributed by atoms with Crippen LogP contribution in [0.4, 0.5) is 10.1 Å². The van der Waals surface area contributed by atoms with E-state index < -0.39 is 11.8 Å². The quantitative estimate of drug-likeness (QED) is 0.266. The van der Waals surface area contributed by atoms with Crippen molar-refractivity contribution in [2.45, 2.75) is 0 Å². The third-order valence-corrected chi connectivity index (χ3v) is 6.05. The highest BCUT2D eigenvalue weighted by molar-refractivity contribution is 8.27. The minimum atomic E-state index is -0.556. The molecule has 0 spiro atoms. The van der Waals surface area contributed by atoms with Gasteiger partial charge in [0.1, 0.15) is 17.3 Å². The molecule has 0 aliphatic carbocycles. The molecule has 0 radical (unpaired) electrons. The van der Waals surface area contributed by atoms with E-state index in [2.05, 4.69) is 0 Å². The molecule has 2 heterocycles. The number of ether oxygens (including phenoxy) is 1. The minimum absolute atomic E-state index is 0.218. The number of hydrogen-bond donors (Lipinski definition) is 0. The van der Waals surface area contributed by atoms with Gasteiger partial charge in [0.2, 0.25) is 0 Å². The number of furan rings is 1. The lowest BCUT2D eigenvalue weighted by molar-refractivity contribution is -0.113. The summed E-state index contributed by atoms with van der Waals surface area (Å²) >= 11 is 12.5. The molecule has 0 unspecified atom stereocenters. The highest BCUT2D eigenvalue weighted by Crippen LogP contribution is 2.37. The number of halogens is 2. The first-order valence-corrected chi connectivity index (χ1v) is 10.5. The third-order valence-electron chi connectivity index (χ3n) is 4.42. The van der Waals surface area contributed by atoms with Crippen LogP contribution in [-0.4, -0.2) is 23.3 Å². The molecule has 0 saturated carbocycles. The van der Waals surface area contributed by atoms with E-state index in [1.165, 1.54) is 30.2 Å². The molecule has 4 rings (SSSR count). The fourth-order valence-corrected chi connectivity index (χ4v) is 4.44. The number of rotatable bonds is 4. The monoisotopic (exact) mass is 473 g/mol. The lowest BCUT2D eigenvalue weighted by atomic mass is 10.1. The van der Waals surface area contributed by atoms with E-state index in [4.69, 9.17) is 33.0 Å². The molecule has 0 N–H and O–H groups in total. The van der Waals surface area contributed by atoms with Gasteiger partial charge in [-0.05, 0) is 48.5 Å². The number of benzene rings is 2. The van der Waals surface area contributed by atoms with E-state index in [1.54, 1.807) is 42.5 Å². The molecule has 1 aliphatic heterocycles. The molecule has 156 valence electrons. The molecule has 0 bridgehead atoms. The summed E-state index contributed by atoms with van der Waals surface area (Å²) in [6.45, 7) is 0. The average molecular weight is 474 g/mol. The number of hydrogen-bond acceptors (Lipinski definition) is 6. The van der Waals surface area contributed by atoms with Crippen molar-refractivity contribution < 1.29 is 23.1 Å². The summed E-state index contributed by atoms with van der Waals surface area (Å²) in [6, 6.07) is 13.9. The van der Waals surface area contributed by atoms with Crippen LogP contribution in [0.2, 0.25) is 5.02 Å².